The van der Waals surface area contributed by atoms with E-state index in [0.717, 1.165) is 19.4 Å². The molecule has 1 atom stereocenters. The fourth-order valence-electron chi connectivity index (χ4n) is 1.05. The van der Waals surface area contributed by atoms with E-state index in [2.05, 4.69) is 6.08 Å². The van der Waals surface area contributed by atoms with E-state index in [4.69, 9.17) is 16.3 Å². The number of hydrogen-bond donors (Lipinski definition) is 0. The van der Waals surface area contributed by atoms with E-state index in [9.17, 15) is 0 Å². The van der Waals surface area contributed by atoms with Crippen LogP contribution in [0.4, 0.5) is 0 Å². The van der Waals surface area contributed by atoms with E-state index < -0.39 is 0 Å². The van der Waals surface area contributed by atoms with Crippen molar-refractivity contribution in [3.05, 3.63) is 11.6 Å². The zero-order valence-electron chi connectivity index (χ0n) is 5.56. The molecule has 52 valence electrons. The number of alkyl halides is 1. The number of hydrogen-bond acceptors (Lipinski definition) is 1. The van der Waals surface area contributed by atoms with E-state index in [1.54, 1.807) is 7.11 Å². The molecule has 0 saturated heterocycles. The lowest BCUT2D eigenvalue weighted by atomic mass is 10.2. The first-order valence-corrected chi connectivity index (χ1v) is 3.59. The molecule has 0 bridgehead atoms. The molecule has 0 fully saturated rings. The van der Waals surface area contributed by atoms with Gasteiger partial charge in [0, 0.05) is 7.11 Å². The smallest absolute Gasteiger partial charge is 0.0673 e. The Labute approximate surface area is 60.7 Å². The maximum absolute atomic E-state index is 5.81. The van der Waals surface area contributed by atoms with Gasteiger partial charge in [-0.1, -0.05) is 6.08 Å². The highest BCUT2D eigenvalue weighted by molar-refractivity contribution is 6.22. The summed E-state index contributed by atoms with van der Waals surface area (Å²) in [5.74, 6) is 0. The molecule has 0 aromatic heterocycles. The van der Waals surface area contributed by atoms with E-state index in [-0.39, 0.29) is 5.38 Å². The molecule has 0 aliphatic heterocycles. The molecule has 0 spiro atoms. The van der Waals surface area contributed by atoms with Gasteiger partial charge >= 0.3 is 0 Å². The van der Waals surface area contributed by atoms with Crippen molar-refractivity contribution in [2.24, 2.45) is 0 Å². The zero-order valence-corrected chi connectivity index (χ0v) is 6.32. The summed E-state index contributed by atoms with van der Waals surface area (Å²) in [6, 6.07) is 0. The Morgan fingerprint density at radius 2 is 2.67 bits per heavy atom. The highest BCUT2D eigenvalue weighted by atomic mass is 35.5. The summed E-state index contributed by atoms with van der Waals surface area (Å²) in [6.07, 6.45) is 4.29. The molecule has 0 N–H and O–H groups in total. The van der Waals surface area contributed by atoms with Crippen molar-refractivity contribution in [1.29, 1.82) is 0 Å². The molecule has 1 rings (SSSR count). The molecule has 1 aliphatic carbocycles. The van der Waals surface area contributed by atoms with Crippen LogP contribution in [0.1, 0.15) is 12.8 Å². The van der Waals surface area contributed by atoms with Crippen molar-refractivity contribution in [3.63, 3.8) is 0 Å². The molecule has 9 heavy (non-hydrogen) atoms. The van der Waals surface area contributed by atoms with Crippen LogP contribution in [0.15, 0.2) is 11.6 Å². The molecule has 0 aromatic rings. The third kappa shape index (κ3) is 1.99. The maximum Gasteiger partial charge on any atom is 0.0673 e. The summed E-state index contributed by atoms with van der Waals surface area (Å²) in [5.41, 5.74) is 1.34. The second kappa shape index (κ2) is 3.23. The molecular weight excluding hydrogens is 136 g/mol. The summed E-state index contributed by atoms with van der Waals surface area (Å²) in [4.78, 5) is 0. The van der Waals surface area contributed by atoms with E-state index >= 15 is 0 Å². The monoisotopic (exact) mass is 146 g/mol. The lowest BCUT2D eigenvalue weighted by Gasteiger charge is -1.95. The normalized spacial score (nSPS) is 26.4. The molecule has 2 heteroatoms. The van der Waals surface area contributed by atoms with E-state index in [0.29, 0.717) is 0 Å². The number of ether oxygens (including phenoxy) is 1. The number of methoxy groups -OCH3 is 1. The Morgan fingerprint density at radius 1 is 1.89 bits per heavy atom. The van der Waals surface area contributed by atoms with Crippen LogP contribution in [0.3, 0.4) is 0 Å². The van der Waals surface area contributed by atoms with Gasteiger partial charge in [0.1, 0.15) is 0 Å². The van der Waals surface area contributed by atoms with E-state index in [1.807, 2.05) is 0 Å². The standard InChI is InChI=1S/C7H11ClO/c1-9-5-6-2-3-7(8)4-6/h4,7H,2-3,5H2,1H3. The van der Waals surface area contributed by atoms with Gasteiger partial charge in [0.2, 0.25) is 0 Å². The highest BCUT2D eigenvalue weighted by Gasteiger charge is 2.11. The number of halogens is 1. The first kappa shape index (κ1) is 7.10. The molecule has 1 aliphatic rings. The molecule has 1 unspecified atom stereocenters. The van der Waals surface area contributed by atoms with Gasteiger partial charge in [0.25, 0.3) is 0 Å². The van der Waals surface area contributed by atoms with Crippen LogP contribution in [-0.4, -0.2) is 19.1 Å². The van der Waals surface area contributed by atoms with E-state index in [1.165, 1.54) is 5.57 Å². The largest absolute Gasteiger partial charge is 0.380 e. The first-order valence-electron chi connectivity index (χ1n) is 3.15. The van der Waals surface area contributed by atoms with Crippen molar-refractivity contribution in [1.82, 2.24) is 0 Å². The summed E-state index contributed by atoms with van der Waals surface area (Å²) < 4.78 is 4.95. The molecular formula is C7H11ClO. The van der Waals surface area contributed by atoms with Gasteiger partial charge in [0.05, 0.1) is 12.0 Å². The minimum atomic E-state index is 0.259. The second-order valence-electron chi connectivity index (χ2n) is 2.31. The van der Waals surface area contributed by atoms with Crippen molar-refractivity contribution in [3.8, 4) is 0 Å². The summed E-state index contributed by atoms with van der Waals surface area (Å²) >= 11 is 5.81. The zero-order chi connectivity index (χ0) is 6.69. The predicted molar refractivity (Wildman–Crippen MR) is 38.8 cm³/mol. The topological polar surface area (TPSA) is 9.23 Å². The van der Waals surface area contributed by atoms with Gasteiger partial charge in [-0.05, 0) is 18.4 Å². The Bertz CT molecular complexity index is 120. The van der Waals surface area contributed by atoms with Crippen LogP contribution >= 0.6 is 11.6 Å². The van der Waals surface area contributed by atoms with Gasteiger partial charge in [-0.25, -0.2) is 0 Å². The van der Waals surface area contributed by atoms with Crippen molar-refractivity contribution in [2.75, 3.05) is 13.7 Å². The molecule has 0 amide bonds. The maximum atomic E-state index is 5.81. The average Bonchev–Trinajstić information content (AvgIpc) is 2.17. The Kier molecular flexibility index (Phi) is 2.55. The van der Waals surface area contributed by atoms with Crippen LogP contribution in [-0.2, 0) is 4.74 Å². The van der Waals surface area contributed by atoms with Gasteiger partial charge in [-0.2, -0.15) is 0 Å². The minimum Gasteiger partial charge on any atom is -0.380 e. The Morgan fingerprint density at radius 3 is 3.11 bits per heavy atom. The molecule has 1 nitrogen and oxygen atoms in total. The summed E-state index contributed by atoms with van der Waals surface area (Å²) in [5, 5.41) is 0.259. The lowest BCUT2D eigenvalue weighted by molar-refractivity contribution is 0.224. The van der Waals surface area contributed by atoms with Gasteiger partial charge < -0.3 is 4.74 Å². The number of rotatable bonds is 2. The molecule has 0 aromatic carbocycles. The second-order valence-corrected chi connectivity index (χ2v) is 2.87. The molecule has 0 saturated carbocycles. The Balaban J connectivity index is 2.33. The van der Waals surface area contributed by atoms with Crippen LogP contribution in [0.2, 0.25) is 0 Å². The van der Waals surface area contributed by atoms with Crippen LogP contribution in [0, 0.1) is 0 Å². The predicted octanol–water partition coefficient (Wildman–Crippen LogP) is 1.96. The Hall–Kier alpha value is -0.0100. The molecule has 0 heterocycles. The lowest BCUT2D eigenvalue weighted by Crippen LogP contribution is -1.89. The minimum absolute atomic E-state index is 0.259. The van der Waals surface area contributed by atoms with Gasteiger partial charge in [-0.15, -0.1) is 11.6 Å². The first-order chi connectivity index (χ1) is 4.33. The average molecular weight is 147 g/mol. The highest BCUT2D eigenvalue weighted by Crippen LogP contribution is 2.22. The molecule has 0 radical (unpaired) electrons. The van der Waals surface area contributed by atoms with Crippen LogP contribution in [0.25, 0.3) is 0 Å². The third-order valence-electron chi connectivity index (χ3n) is 1.49. The SMILES string of the molecule is COCC1=CC(Cl)CC1. The third-order valence-corrected chi connectivity index (χ3v) is 1.83. The fraction of sp³-hybridized carbons (Fsp3) is 0.714. The van der Waals surface area contributed by atoms with Gasteiger partial charge in [-0.3, -0.25) is 0 Å². The van der Waals surface area contributed by atoms with Gasteiger partial charge in [0.15, 0.2) is 0 Å². The van der Waals surface area contributed by atoms with Crippen LogP contribution in [0.5, 0.6) is 0 Å². The quantitative estimate of drug-likeness (QED) is 0.428. The summed E-state index contributed by atoms with van der Waals surface area (Å²) in [7, 11) is 1.71. The summed E-state index contributed by atoms with van der Waals surface area (Å²) in [6.45, 7) is 0.753. The van der Waals surface area contributed by atoms with Crippen LogP contribution < -0.4 is 0 Å². The van der Waals surface area contributed by atoms with Crippen molar-refractivity contribution >= 4 is 11.6 Å². The number of allylic oxidation sites excluding steroid dienone is 1. The fourth-order valence-corrected chi connectivity index (χ4v) is 1.34. The van der Waals surface area contributed by atoms with Crippen molar-refractivity contribution in [2.45, 2.75) is 18.2 Å². The van der Waals surface area contributed by atoms with Crippen molar-refractivity contribution < 1.29 is 4.74 Å².